The molecule has 0 aliphatic carbocycles. The molecule has 1 saturated heterocycles. The van der Waals surface area contributed by atoms with E-state index in [0.717, 1.165) is 11.8 Å². The van der Waals surface area contributed by atoms with Crippen LogP contribution in [0.4, 0.5) is 52.5 Å². The molecule has 0 saturated carbocycles. The molecule has 1 atom stereocenters. The van der Waals surface area contributed by atoms with Crippen molar-refractivity contribution in [2.45, 2.75) is 38.6 Å². The van der Waals surface area contributed by atoms with Crippen LogP contribution in [0.5, 0.6) is 5.75 Å². The molecule has 11 nitrogen and oxygen atoms in total. The highest BCUT2D eigenvalue weighted by Crippen LogP contribution is 2.39. The number of carbonyl (C=O) groups excluding carboxylic acids is 2. The van der Waals surface area contributed by atoms with Crippen molar-refractivity contribution in [1.29, 1.82) is 0 Å². The number of fused-ring (bicyclic) bond motifs is 3. The summed E-state index contributed by atoms with van der Waals surface area (Å²) in [6.07, 6.45) is -3.30. The Hall–Kier alpha value is -5.01. The Morgan fingerprint density at radius 3 is 2.55 bits per heavy atom. The Morgan fingerprint density at radius 2 is 1.82 bits per heavy atom. The second kappa shape index (κ2) is 11.9. The lowest BCUT2D eigenvalue weighted by molar-refractivity contribution is -0.137. The summed E-state index contributed by atoms with van der Waals surface area (Å²) in [5.41, 5.74) is 0.336. The van der Waals surface area contributed by atoms with Gasteiger partial charge in [0, 0.05) is 49.0 Å². The van der Waals surface area contributed by atoms with Gasteiger partial charge in [-0.3, -0.25) is 4.79 Å². The van der Waals surface area contributed by atoms with Crippen molar-refractivity contribution in [2.24, 2.45) is 0 Å². The first-order chi connectivity index (χ1) is 20.8. The Labute approximate surface area is 252 Å². The Kier molecular flexibility index (Phi) is 8.26. The van der Waals surface area contributed by atoms with Crippen molar-refractivity contribution in [2.75, 3.05) is 47.1 Å². The fraction of sp³-hybridized carbons (Fsp3) is 0.333. The van der Waals surface area contributed by atoms with Gasteiger partial charge in [-0.2, -0.15) is 18.2 Å². The number of ether oxygens (including phenoxy) is 2. The van der Waals surface area contributed by atoms with E-state index in [9.17, 15) is 22.8 Å². The predicted molar refractivity (Wildman–Crippen MR) is 160 cm³/mol. The summed E-state index contributed by atoms with van der Waals surface area (Å²) >= 11 is 0. The molecule has 2 aromatic carbocycles. The minimum absolute atomic E-state index is 0.0574. The SMILES string of the molecule is C=CC(=O)Nc1cccc(Nc2nc(Nc3ccc4c(c3)OC[C@H]3CN(C(=O)OC(C)(C)C)CCN43)ncc2C(F)(F)F)c1. The lowest BCUT2D eigenvalue weighted by Crippen LogP contribution is -2.59. The molecule has 0 bridgehead atoms. The molecule has 3 N–H and O–H groups in total. The van der Waals surface area contributed by atoms with Crippen LogP contribution < -0.4 is 25.6 Å². The number of rotatable bonds is 6. The molecule has 0 spiro atoms. The van der Waals surface area contributed by atoms with Gasteiger partial charge in [-0.25, -0.2) is 9.78 Å². The standard InChI is InChI=1S/C30H32F3N7O4/c1-5-25(41)35-18-7-6-8-19(13-18)36-26-22(30(31,32)33)15-34-27(38-26)37-20-9-10-23-24(14-20)43-17-21-16-39(11-12-40(21)23)28(42)44-29(2,3)4/h5-10,13-15,21H,1,11-12,16-17H2,2-4H3,(H,35,41)(H2,34,36,37,38)/t21-/m1/s1. The molecule has 2 aliphatic heterocycles. The summed E-state index contributed by atoms with van der Waals surface area (Å²) in [4.78, 5) is 36.0. The highest BCUT2D eigenvalue weighted by Gasteiger charge is 2.37. The third-order valence-electron chi connectivity index (χ3n) is 6.76. The first-order valence-electron chi connectivity index (χ1n) is 13.8. The van der Waals surface area contributed by atoms with Gasteiger partial charge in [-0.1, -0.05) is 12.6 Å². The number of hydrogen-bond acceptors (Lipinski definition) is 9. The topological polar surface area (TPSA) is 121 Å². The molecule has 1 fully saturated rings. The average Bonchev–Trinajstić information content (AvgIpc) is 2.95. The lowest BCUT2D eigenvalue weighted by atomic mass is 10.1. The van der Waals surface area contributed by atoms with E-state index in [4.69, 9.17) is 9.47 Å². The van der Waals surface area contributed by atoms with Crippen LogP contribution in [0.15, 0.2) is 61.3 Å². The van der Waals surface area contributed by atoms with Crippen molar-refractivity contribution < 1.29 is 32.2 Å². The number of benzene rings is 2. The fourth-order valence-corrected chi connectivity index (χ4v) is 4.82. The molecule has 2 amide bonds. The molecule has 3 aromatic rings. The highest BCUT2D eigenvalue weighted by atomic mass is 19.4. The average molecular weight is 612 g/mol. The van der Waals surface area contributed by atoms with E-state index in [0.29, 0.717) is 49.6 Å². The van der Waals surface area contributed by atoms with E-state index in [2.05, 4.69) is 37.4 Å². The van der Waals surface area contributed by atoms with Gasteiger partial charge in [-0.15, -0.1) is 0 Å². The van der Waals surface area contributed by atoms with Crippen LogP contribution in [0.25, 0.3) is 0 Å². The number of nitrogens with one attached hydrogen (secondary N) is 3. The number of alkyl halides is 3. The van der Waals surface area contributed by atoms with Crippen LogP contribution >= 0.6 is 0 Å². The van der Waals surface area contributed by atoms with Crippen molar-refractivity contribution in [1.82, 2.24) is 14.9 Å². The maximum Gasteiger partial charge on any atom is 0.421 e. The number of amides is 2. The van der Waals surface area contributed by atoms with Crippen LogP contribution in [-0.2, 0) is 15.7 Å². The van der Waals surface area contributed by atoms with Gasteiger partial charge < -0.3 is 35.2 Å². The zero-order chi connectivity index (χ0) is 31.6. The van der Waals surface area contributed by atoms with E-state index in [1.807, 2.05) is 26.8 Å². The first-order valence-corrected chi connectivity index (χ1v) is 13.8. The maximum atomic E-state index is 13.8. The lowest BCUT2D eigenvalue weighted by Gasteiger charge is -2.45. The van der Waals surface area contributed by atoms with Crippen LogP contribution in [0.1, 0.15) is 26.3 Å². The summed E-state index contributed by atoms with van der Waals surface area (Å²) in [6.45, 7) is 10.7. The number of piperazine rings is 1. The van der Waals surface area contributed by atoms with Crippen molar-refractivity contribution in [3.63, 3.8) is 0 Å². The van der Waals surface area contributed by atoms with E-state index >= 15 is 0 Å². The molecule has 5 rings (SSSR count). The van der Waals surface area contributed by atoms with Crippen molar-refractivity contribution in [3.05, 3.63) is 66.9 Å². The van der Waals surface area contributed by atoms with Gasteiger partial charge in [0.15, 0.2) is 0 Å². The zero-order valence-corrected chi connectivity index (χ0v) is 24.4. The zero-order valence-electron chi connectivity index (χ0n) is 24.4. The Morgan fingerprint density at radius 1 is 1.07 bits per heavy atom. The first kappa shape index (κ1) is 30.4. The molecule has 2 aliphatic rings. The van der Waals surface area contributed by atoms with Crippen molar-refractivity contribution >= 4 is 46.5 Å². The fourth-order valence-electron chi connectivity index (χ4n) is 4.82. The molecular weight excluding hydrogens is 579 g/mol. The number of aromatic nitrogens is 2. The molecule has 14 heteroatoms. The molecule has 0 radical (unpaired) electrons. The van der Waals surface area contributed by atoms with Crippen LogP contribution in [0, 0.1) is 0 Å². The Balaban J connectivity index is 1.32. The minimum Gasteiger partial charge on any atom is -0.489 e. The summed E-state index contributed by atoms with van der Waals surface area (Å²) in [6, 6.07) is 11.4. The summed E-state index contributed by atoms with van der Waals surface area (Å²) < 4.78 is 53.0. The molecular formula is C30H32F3N7O4. The van der Waals surface area contributed by atoms with E-state index in [1.165, 1.54) is 6.07 Å². The molecule has 232 valence electrons. The normalized spacial score (nSPS) is 16.2. The summed E-state index contributed by atoms with van der Waals surface area (Å²) in [5, 5.41) is 8.20. The number of hydrogen-bond donors (Lipinski definition) is 3. The van der Waals surface area contributed by atoms with Gasteiger partial charge in [0.05, 0.1) is 11.7 Å². The predicted octanol–water partition coefficient (Wildman–Crippen LogP) is 5.93. The molecule has 1 aromatic heterocycles. The highest BCUT2D eigenvalue weighted by molar-refractivity contribution is 5.99. The van der Waals surface area contributed by atoms with Gasteiger partial charge in [0.25, 0.3) is 0 Å². The monoisotopic (exact) mass is 611 g/mol. The number of carbonyl (C=O) groups is 2. The van der Waals surface area contributed by atoms with Crippen LogP contribution in [0.2, 0.25) is 0 Å². The van der Waals surface area contributed by atoms with Crippen LogP contribution in [-0.4, -0.2) is 64.8 Å². The Bertz CT molecular complexity index is 1570. The van der Waals surface area contributed by atoms with Gasteiger partial charge in [0.2, 0.25) is 11.9 Å². The maximum absolute atomic E-state index is 13.8. The smallest absolute Gasteiger partial charge is 0.421 e. The number of nitrogens with zero attached hydrogens (tertiary/aromatic N) is 4. The quantitative estimate of drug-likeness (QED) is 0.292. The van der Waals surface area contributed by atoms with E-state index in [1.54, 1.807) is 35.2 Å². The molecule has 3 heterocycles. The molecule has 0 unspecified atom stereocenters. The second-order valence-electron chi connectivity index (χ2n) is 11.2. The summed E-state index contributed by atoms with van der Waals surface area (Å²) in [7, 11) is 0. The van der Waals surface area contributed by atoms with E-state index in [-0.39, 0.29) is 23.8 Å². The third kappa shape index (κ3) is 7.13. The number of halogens is 3. The van der Waals surface area contributed by atoms with Crippen molar-refractivity contribution in [3.8, 4) is 5.75 Å². The van der Waals surface area contributed by atoms with E-state index < -0.39 is 29.1 Å². The third-order valence-corrected chi connectivity index (χ3v) is 6.76. The van der Waals surface area contributed by atoms with Gasteiger partial charge in [-0.05, 0) is 57.2 Å². The largest absolute Gasteiger partial charge is 0.489 e. The number of anilines is 6. The summed E-state index contributed by atoms with van der Waals surface area (Å²) in [5.74, 6) is -0.418. The van der Waals surface area contributed by atoms with Gasteiger partial charge >= 0.3 is 12.3 Å². The van der Waals surface area contributed by atoms with Gasteiger partial charge in [0.1, 0.15) is 29.3 Å². The molecule has 44 heavy (non-hydrogen) atoms. The minimum atomic E-state index is -4.72. The second-order valence-corrected chi connectivity index (χ2v) is 11.2. The van der Waals surface area contributed by atoms with Crippen LogP contribution in [0.3, 0.4) is 0 Å².